The Balaban J connectivity index is 2.26. The maximum absolute atomic E-state index is 13.2. The molecule has 5 nitrogen and oxygen atoms in total. The van der Waals surface area contributed by atoms with E-state index < -0.39 is 11.6 Å². The normalized spacial score (nSPS) is 12.2. The highest BCUT2D eigenvalue weighted by atomic mass is 19.1. The predicted molar refractivity (Wildman–Crippen MR) is 111 cm³/mol. The summed E-state index contributed by atoms with van der Waals surface area (Å²) in [6.45, 7) is 7.65. The molecule has 0 aliphatic carbocycles. The molecule has 0 spiro atoms. The lowest BCUT2D eigenvalue weighted by molar-refractivity contribution is -0.140. The molecule has 0 aliphatic heterocycles. The van der Waals surface area contributed by atoms with Crippen LogP contribution in [0.15, 0.2) is 48.5 Å². The van der Waals surface area contributed by atoms with E-state index in [2.05, 4.69) is 5.32 Å². The van der Waals surface area contributed by atoms with Crippen LogP contribution in [0.2, 0.25) is 0 Å². The van der Waals surface area contributed by atoms with Crippen LogP contribution in [0, 0.1) is 5.82 Å². The highest BCUT2D eigenvalue weighted by molar-refractivity contribution is 5.88. The first-order valence-corrected chi connectivity index (χ1v) is 9.58. The van der Waals surface area contributed by atoms with E-state index in [1.54, 1.807) is 31.1 Å². The number of hydrogen-bond donors (Lipinski definition) is 1. The highest BCUT2D eigenvalue weighted by Gasteiger charge is 2.28. The number of methoxy groups -OCH3 is 1. The van der Waals surface area contributed by atoms with Crippen LogP contribution in [-0.2, 0) is 22.6 Å². The van der Waals surface area contributed by atoms with Crippen LogP contribution in [0.3, 0.4) is 0 Å². The molecule has 0 aromatic heterocycles. The summed E-state index contributed by atoms with van der Waals surface area (Å²) in [5, 5.41) is 2.93. The molecule has 0 unspecified atom stereocenters. The van der Waals surface area contributed by atoms with Gasteiger partial charge in [-0.3, -0.25) is 9.59 Å². The Kier molecular flexibility index (Phi) is 7.37. The van der Waals surface area contributed by atoms with Crippen molar-refractivity contribution in [2.45, 2.75) is 52.2 Å². The van der Waals surface area contributed by atoms with Gasteiger partial charge in [0.25, 0.3) is 0 Å². The Morgan fingerprint density at radius 3 is 2.34 bits per heavy atom. The summed E-state index contributed by atoms with van der Waals surface area (Å²) in [6, 6.07) is 12.5. The Hall–Kier alpha value is -2.89. The molecule has 1 atom stereocenters. The third kappa shape index (κ3) is 6.89. The van der Waals surface area contributed by atoms with Gasteiger partial charge in [0.05, 0.1) is 13.5 Å². The smallest absolute Gasteiger partial charge is 0.242 e. The number of carbonyl (C=O) groups is 2. The Morgan fingerprint density at radius 1 is 1.10 bits per heavy atom. The second-order valence-electron chi connectivity index (χ2n) is 8.09. The molecule has 29 heavy (non-hydrogen) atoms. The van der Waals surface area contributed by atoms with Crippen molar-refractivity contribution in [3.8, 4) is 5.75 Å². The first-order chi connectivity index (χ1) is 13.6. The van der Waals surface area contributed by atoms with Crippen LogP contribution >= 0.6 is 0 Å². The van der Waals surface area contributed by atoms with Gasteiger partial charge in [0.1, 0.15) is 17.6 Å². The number of ether oxygens (including phenoxy) is 1. The first-order valence-electron chi connectivity index (χ1n) is 9.58. The number of halogens is 1. The van der Waals surface area contributed by atoms with Gasteiger partial charge in [0, 0.05) is 12.1 Å². The van der Waals surface area contributed by atoms with Crippen molar-refractivity contribution in [1.82, 2.24) is 10.2 Å². The molecule has 0 fully saturated rings. The molecular weight excluding hydrogens is 371 g/mol. The van der Waals surface area contributed by atoms with Gasteiger partial charge < -0.3 is 15.0 Å². The number of carbonyl (C=O) groups excluding carboxylic acids is 2. The lowest BCUT2D eigenvalue weighted by Gasteiger charge is -2.31. The molecule has 2 rings (SSSR count). The van der Waals surface area contributed by atoms with Gasteiger partial charge in [0.2, 0.25) is 11.8 Å². The second-order valence-corrected chi connectivity index (χ2v) is 8.09. The number of benzene rings is 2. The molecule has 2 aromatic carbocycles. The third-order valence-electron chi connectivity index (χ3n) is 4.42. The highest BCUT2D eigenvalue weighted by Crippen LogP contribution is 2.18. The average molecular weight is 400 g/mol. The van der Waals surface area contributed by atoms with E-state index >= 15 is 0 Å². The van der Waals surface area contributed by atoms with E-state index in [0.717, 1.165) is 5.56 Å². The van der Waals surface area contributed by atoms with E-state index in [1.807, 2.05) is 45.0 Å². The van der Waals surface area contributed by atoms with Crippen molar-refractivity contribution in [2.75, 3.05) is 7.11 Å². The van der Waals surface area contributed by atoms with Crippen molar-refractivity contribution in [1.29, 1.82) is 0 Å². The summed E-state index contributed by atoms with van der Waals surface area (Å²) < 4.78 is 18.4. The number of nitrogens with one attached hydrogen (secondary N) is 1. The molecular formula is C23H29FN2O3. The van der Waals surface area contributed by atoms with Crippen LogP contribution in [0.4, 0.5) is 4.39 Å². The SMILES string of the molecule is COc1cccc(CN(C(=O)Cc2ccc(F)cc2)[C@@H](C)C(=O)NC(C)(C)C)c1. The van der Waals surface area contributed by atoms with Gasteiger partial charge in [-0.25, -0.2) is 4.39 Å². The van der Waals surface area contributed by atoms with Crippen molar-refractivity contribution in [3.05, 3.63) is 65.5 Å². The molecule has 2 aromatic rings. The topological polar surface area (TPSA) is 58.6 Å². The van der Waals surface area contributed by atoms with Crippen molar-refractivity contribution in [2.24, 2.45) is 0 Å². The summed E-state index contributed by atoms with van der Waals surface area (Å²) in [4.78, 5) is 27.4. The number of hydrogen-bond acceptors (Lipinski definition) is 3. The second kappa shape index (κ2) is 9.54. The summed E-state index contributed by atoms with van der Waals surface area (Å²) in [7, 11) is 1.58. The van der Waals surface area contributed by atoms with Crippen molar-refractivity contribution >= 4 is 11.8 Å². The molecule has 0 bridgehead atoms. The number of amides is 2. The zero-order valence-electron chi connectivity index (χ0n) is 17.7. The van der Waals surface area contributed by atoms with Crippen LogP contribution < -0.4 is 10.1 Å². The summed E-state index contributed by atoms with van der Waals surface area (Å²) in [5.74, 6) is -0.114. The van der Waals surface area contributed by atoms with Gasteiger partial charge >= 0.3 is 0 Å². The van der Waals surface area contributed by atoms with Crippen LogP contribution in [0.25, 0.3) is 0 Å². The minimum absolute atomic E-state index is 0.0807. The summed E-state index contributed by atoms with van der Waals surface area (Å²) >= 11 is 0. The minimum Gasteiger partial charge on any atom is -0.497 e. The molecule has 0 aliphatic rings. The van der Waals surface area contributed by atoms with Gasteiger partial charge in [-0.15, -0.1) is 0 Å². The summed E-state index contributed by atoms with van der Waals surface area (Å²) in [6.07, 6.45) is 0.0807. The van der Waals surface area contributed by atoms with Crippen LogP contribution in [0.5, 0.6) is 5.75 Å². The van der Waals surface area contributed by atoms with Gasteiger partial charge in [-0.2, -0.15) is 0 Å². The zero-order valence-corrected chi connectivity index (χ0v) is 17.7. The molecule has 6 heteroatoms. The molecule has 0 radical (unpaired) electrons. The van der Waals surface area contributed by atoms with Crippen LogP contribution in [-0.4, -0.2) is 35.4 Å². The largest absolute Gasteiger partial charge is 0.497 e. The fourth-order valence-corrected chi connectivity index (χ4v) is 2.90. The third-order valence-corrected chi connectivity index (χ3v) is 4.42. The predicted octanol–water partition coefficient (Wildman–Crippen LogP) is 3.71. The van der Waals surface area contributed by atoms with Gasteiger partial charge in [-0.1, -0.05) is 24.3 Å². The Bertz CT molecular complexity index is 844. The fraction of sp³-hybridized carbons (Fsp3) is 0.391. The zero-order chi connectivity index (χ0) is 21.6. The van der Waals surface area contributed by atoms with Crippen molar-refractivity contribution < 1.29 is 18.7 Å². The molecule has 0 saturated heterocycles. The van der Waals surface area contributed by atoms with E-state index in [-0.39, 0.29) is 30.6 Å². The molecule has 0 heterocycles. The lowest BCUT2D eigenvalue weighted by Crippen LogP contribution is -2.52. The van der Waals surface area contributed by atoms with E-state index in [4.69, 9.17) is 4.74 Å². The minimum atomic E-state index is -0.673. The maximum atomic E-state index is 13.2. The Morgan fingerprint density at radius 2 is 1.76 bits per heavy atom. The van der Waals surface area contributed by atoms with Crippen molar-refractivity contribution in [3.63, 3.8) is 0 Å². The van der Waals surface area contributed by atoms with Gasteiger partial charge in [0.15, 0.2) is 0 Å². The van der Waals surface area contributed by atoms with E-state index in [0.29, 0.717) is 11.3 Å². The fourth-order valence-electron chi connectivity index (χ4n) is 2.90. The van der Waals surface area contributed by atoms with E-state index in [9.17, 15) is 14.0 Å². The average Bonchev–Trinajstić information content (AvgIpc) is 2.66. The first kappa shape index (κ1) is 22.4. The molecule has 156 valence electrons. The number of nitrogens with zero attached hydrogens (tertiary/aromatic N) is 1. The standard InChI is InChI=1S/C23H29FN2O3/c1-16(22(28)25-23(2,3)4)26(15-18-7-6-8-20(13-18)29-5)21(27)14-17-9-11-19(24)12-10-17/h6-13,16H,14-15H2,1-5H3,(H,25,28)/t16-/m0/s1. The maximum Gasteiger partial charge on any atom is 0.242 e. The lowest BCUT2D eigenvalue weighted by atomic mass is 10.1. The molecule has 2 amide bonds. The van der Waals surface area contributed by atoms with E-state index in [1.165, 1.54) is 12.1 Å². The van der Waals surface area contributed by atoms with Crippen LogP contribution in [0.1, 0.15) is 38.8 Å². The molecule has 0 saturated carbocycles. The monoisotopic (exact) mass is 400 g/mol. The quantitative estimate of drug-likeness (QED) is 0.771. The Labute approximate surface area is 171 Å². The molecule has 1 N–H and O–H groups in total. The van der Waals surface area contributed by atoms with Gasteiger partial charge in [-0.05, 0) is 63.1 Å². The number of rotatable bonds is 7. The summed E-state index contributed by atoms with van der Waals surface area (Å²) in [5.41, 5.74) is 1.13.